The summed E-state index contributed by atoms with van der Waals surface area (Å²) in [6.45, 7) is 3.76. The molecule has 0 aliphatic carbocycles. The van der Waals surface area contributed by atoms with Gasteiger partial charge in [0.05, 0.1) is 6.61 Å². The first-order valence-corrected chi connectivity index (χ1v) is 3.88. The molecule has 1 fully saturated rings. The largest absolute Gasteiger partial charge is 0.465 e. The van der Waals surface area contributed by atoms with Crippen LogP contribution >= 0.6 is 0 Å². The summed E-state index contributed by atoms with van der Waals surface area (Å²) in [6.07, 6.45) is -0.908. The Morgan fingerprint density at radius 1 is 1.67 bits per heavy atom. The molecule has 1 aliphatic rings. The van der Waals surface area contributed by atoms with Crippen molar-refractivity contribution in [2.45, 2.75) is 32.5 Å². The van der Waals surface area contributed by atoms with Gasteiger partial charge in [-0.05, 0) is 13.8 Å². The minimum atomic E-state index is -0.832. The molecule has 70 valence electrons. The normalized spacial score (nSPS) is 30.6. The quantitative estimate of drug-likeness (QED) is 0.591. The summed E-state index contributed by atoms with van der Waals surface area (Å²) in [6, 6.07) is -0.832. The highest BCUT2D eigenvalue weighted by molar-refractivity contribution is 5.76. The molecule has 0 saturated carbocycles. The Balaban J connectivity index is 2.27. The van der Waals surface area contributed by atoms with Gasteiger partial charge in [0, 0.05) is 0 Å². The highest BCUT2D eigenvalue weighted by atomic mass is 16.9. The van der Waals surface area contributed by atoms with E-state index in [4.69, 9.17) is 15.2 Å². The standard InChI is InChI=1S/C7H13NO4/c1-3-10-6(9)5(8)7-11-4(2)12-7/h4-5,7H,3,8H2,1-2H3. The molecule has 1 heterocycles. The number of hydrogen-bond acceptors (Lipinski definition) is 5. The highest BCUT2D eigenvalue weighted by Crippen LogP contribution is 2.18. The maximum atomic E-state index is 11.0. The second-order valence-electron chi connectivity index (χ2n) is 2.49. The van der Waals surface area contributed by atoms with E-state index in [2.05, 4.69) is 4.74 Å². The molecule has 1 rings (SSSR count). The number of nitrogens with two attached hydrogens (primary N) is 1. The van der Waals surface area contributed by atoms with E-state index in [0.29, 0.717) is 6.61 Å². The van der Waals surface area contributed by atoms with Gasteiger partial charge < -0.3 is 19.9 Å². The topological polar surface area (TPSA) is 70.8 Å². The van der Waals surface area contributed by atoms with Crippen LogP contribution in [0, 0.1) is 0 Å². The molecule has 1 saturated heterocycles. The lowest BCUT2D eigenvalue weighted by Crippen LogP contribution is -2.54. The van der Waals surface area contributed by atoms with Crippen molar-refractivity contribution in [1.29, 1.82) is 0 Å². The Morgan fingerprint density at radius 3 is 2.67 bits per heavy atom. The number of rotatable bonds is 3. The lowest BCUT2D eigenvalue weighted by Gasteiger charge is -2.36. The van der Waals surface area contributed by atoms with Gasteiger partial charge in [-0.15, -0.1) is 0 Å². The predicted molar refractivity (Wildman–Crippen MR) is 40.0 cm³/mol. The Morgan fingerprint density at radius 2 is 2.25 bits per heavy atom. The second-order valence-corrected chi connectivity index (χ2v) is 2.49. The average Bonchev–Trinajstić information content (AvgIpc) is 1.98. The van der Waals surface area contributed by atoms with E-state index in [1.54, 1.807) is 13.8 Å². The van der Waals surface area contributed by atoms with E-state index in [1.165, 1.54) is 0 Å². The van der Waals surface area contributed by atoms with Gasteiger partial charge in [-0.1, -0.05) is 0 Å². The molecule has 5 nitrogen and oxygen atoms in total. The Kier molecular flexibility index (Phi) is 3.02. The maximum absolute atomic E-state index is 11.0. The van der Waals surface area contributed by atoms with Crippen molar-refractivity contribution in [3.8, 4) is 0 Å². The first-order chi connectivity index (χ1) is 5.65. The van der Waals surface area contributed by atoms with Crippen LogP contribution in [0.5, 0.6) is 0 Å². The third-order valence-electron chi connectivity index (χ3n) is 1.50. The fraction of sp³-hybridized carbons (Fsp3) is 0.857. The van der Waals surface area contributed by atoms with E-state index in [0.717, 1.165) is 0 Å². The summed E-state index contributed by atoms with van der Waals surface area (Å²) in [5.74, 6) is -0.491. The van der Waals surface area contributed by atoms with Crippen molar-refractivity contribution >= 4 is 5.97 Å². The van der Waals surface area contributed by atoms with Gasteiger partial charge in [0.25, 0.3) is 0 Å². The summed E-state index contributed by atoms with van der Waals surface area (Å²) >= 11 is 0. The zero-order valence-corrected chi connectivity index (χ0v) is 7.15. The van der Waals surface area contributed by atoms with Crippen LogP contribution in [0.3, 0.4) is 0 Å². The zero-order chi connectivity index (χ0) is 9.14. The molecule has 0 radical (unpaired) electrons. The number of hydrogen-bond donors (Lipinski definition) is 1. The summed E-state index contributed by atoms with van der Waals surface area (Å²) in [5, 5.41) is 0. The predicted octanol–water partition coefficient (Wildman–Crippen LogP) is -0.404. The Hall–Kier alpha value is -0.650. The third-order valence-corrected chi connectivity index (χ3v) is 1.50. The minimum absolute atomic E-state index is 0.268. The maximum Gasteiger partial charge on any atom is 0.328 e. The minimum Gasteiger partial charge on any atom is -0.465 e. The first-order valence-electron chi connectivity index (χ1n) is 3.88. The smallest absolute Gasteiger partial charge is 0.328 e. The summed E-state index contributed by atoms with van der Waals surface area (Å²) in [7, 11) is 0. The monoisotopic (exact) mass is 175 g/mol. The van der Waals surface area contributed by atoms with E-state index in [-0.39, 0.29) is 6.29 Å². The molecule has 1 aliphatic heterocycles. The molecule has 1 unspecified atom stereocenters. The van der Waals surface area contributed by atoms with Gasteiger partial charge in [-0.2, -0.15) is 0 Å². The van der Waals surface area contributed by atoms with Gasteiger partial charge in [0.1, 0.15) is 0 Å². The molecule has 0 aromatic heterocycles. The number of esters is 1. The van der Waals surface area contributed by atoms with Crippen LogP contribution in [-0.2, 0) is 19.0 Å². The van der Waals surface area contributed by atoms with Gasteiger partial charge in [-0.25, -0.2) is 0 Å². The first kappa shape index (κ1) is 9.44. The fourth-order valence-corrected chi connectivity index (χ4v) is 0.907. The van der Waals surface area contributed by atoms with Crippen LogP contribution in [0.1, 0.15) is 13.8 Å². The summed E-state index contributed by atoms with van der Waals surface area (Å²) in [5.41, 5.74) is 5.45. The molecule has 0 aromatic rings. The Bertz CT molecular complexity index is 167. The van der Waals surface area contributed by atoms with Crippen molar-refractivity contribution in [3.05, 3.63) is 0 Å². The molecule has 5 heteroatoms. The van der Waals surface area contributed by atoms with Crippen LogP contribution in [0.15, 0.2) is 0 Å². The highest BCUT2D eigenvalue weighted by Gasteiger charge is 2.37. The van der Waals surface area contributed by atoms with E-state index in [9.17, 15) is 4.79 Å². The van der Waals surface area contributed by atoms with Gasteiger partial charge in [0.15, 0.2) is 18.6 Å². The number of carbonyl (C=O) groups excluding carboxylic acids is 1. The van der Waals surface area contributed by atoms with Crippen LogP contribution in [0.25, 0.3) is 0 Å². The van der Waals surface area contributed by atoms with Crippen LogP contribution < -0.4 is 5.73 Å². The van der Waals surface area contributed by atoms with Crippen LogP contribution in [-0.4, -0.2) is 31.2 Å². The van der Waals surface area contributed by atoms with Crippen molar-refractivity contribution in [1.82, 2.24) is 0 Å². The Labute approximate surface area is 70.8 Å². The van der Waals surface area contributed by atoms with Crippen LogP contribution in [0.2, 0.25) is 0 Å². The fourth-order valence-electron chi connectivity index (χ4n) is 0.907. The van der Waals surface area contributed by atoms with Gasteiger partial charge >= 0.3 is 5.97 Å². The second kappa shape index (κ2) is 3.84. The van der Waals surface area contributed by atoms with Crippen molar-refractivity contribution in [3.63, 3.8) is 0 Å². The molecule has 0 amide bonds. The lowest BCUT2D eigenvalue weighted by atomic mass is 10.3. The molecule has 1 atom stereocenters. The molecular weight excluding hydrogens is 162 g/mol. The molecule has 0 aromatic carbocycles. The van der Waals surface area contributed by atoms with Gasteiger partial charge in [0.2, 0.25) is 0 Å². The molecule has 2 N–H and O–H groups in total. The van der Waals surface area contributed by atoms with Gasteiger partial charge in [-0.3, -0.25) is 4.79 Å². The van der Waals surface area contributed by atoms with E-state index < -0.39 is 18.3 Å². The van der Waals surface area contributed by atoms with E-state index >= 15 is 0 Å². The third kappa shape index (κ3) is 1.94. The van der Waals surface area contributed by atoms with Crippen LogP contribution in [0.4, 0.5) is 0 Å². The lowest BCUT2D eigenvalue weighted by molar-refractivity contribution is -0.379. The average molecular weight is 175 g/mol. The zero-order valence-electron chi connectivity index (χ0n) is 7.15. The number of carbonyl (C=O) groups is 1. The van der Waals surface area contributed by atoms with Crippen molar-refractivity contribution in [2.75, 3.05) is 6.61 Å². The van der Waals surface area contributed by atoms with E-state index in [1.807, 2.05) is 0 Å². The van der Waals surface area contributed by atoms with Crippen molar-refractivity contribution < 1.29 is 19.0 Å². The SMILES string of the molecule is CCOC(=O)C(N)C1OC(C)O1. The molecule has 12 heavy (non-hydrogen) atoms. The summed E-state index contributed by atoms with van der Waals surface area (Å²) in [4.78, 5) is 11.0. The molecule has 0 bridgehead atoms. The molecule has 0 spiro atoms. The number of ether oxygens (including phenoxy) is 3. The summed E-state index contributed by atoms with van der Waals surface area (Å²) < 4.78 is 14.7. The molecular formula is C7H13NO4. The van der Waals surface area contributed by atoms with Crippen molar-refractivity contribution in [2.24, 2.45) is 5.73 Å².